The van der Waals surface area contributed by atoms with Gasteiger partial charge in [0.15, 0.2) is 0 Å². The molecule has 1 atom stereocenters. The minimum absolute atomic E-state index is 0.137. The van der Waals surface area contributed by atoms with Crippen molar-refractivity contribution in [3.8, 4) is 0 Å². The summed E-state index contributed by atoms with van der Waals surface area (Å²) in [5, 5.41) is 3.73. The van der Waals surface area contributed by atoms with Gasteiger partial charge in [-0.2, -0.15) is 0 Å². The molecule has 6 heteroatoms. The molecule has 0 aliphatic carbocycles. The van der Waals surface area contributed by atoms with Gasteiger partial charge >= 0.3 is 0 Å². The lowest BCUT2D eigenvalue weighted by atomic mass is 10.1. The van der Waals surface area contributed by atoms with Gasteiger partial charge in [0.1, 0.15) is 0 Å². The summed E-state index contributed by atoms with van der Waals surface area (Å²) >= 11 is 12.4. The molecule has 1 fully saturated rings. The zero-order chi connectivity index (χ0) is 18.1. The Labute approximate surface area is 156 Å². The fourth-order valence-corrected chi connectivity index (χ4v) is 3.55. The summed E-state index contributed by atoms with van der Waals surface area (Å²) in [6.45, 7) is 4.17. The minimum Gasteiger partial charge on any atom is -0.326 e. The van der Waals surface area contributed by atoms with E-state index in [1.807, 2.05) is 32.0 Å². The molecular formula is C19H18Cl2N2O2. The van der Waals surface area contributed by atoms with Crippen molar-refractivity contribution < 1.29 is 9.59 Å². The van der Waals surface area contributed by atoms with Gasteiger partial charge < -0.3 is 10.2 Å². The van der Waals surface area contributed by atoms with Crippen LogP contribution in [-0.4, -0.2) is 18.4 Å². The summed E-state index contributed by atoms with van der Waals surface area (Å²) in [6.07, 6.45) is 0.137. The van der Waals surface area contributed by atoms with Gasteiger partial charge in [-0.15, -0.1) is 0 Å². The molecule has 2 aromatic carbocycles. The number of carbonyl (C=O) groups excluding carboxylic acids is 2. The topological polar surface area (TPSA) is 49.4 Å². The van der Waals surface area contributed by atoms with Gasteiger partial charge in [-0.3, -0.25) is 9.59 Å². The Morgan fingerprint density at radius 3 is 2.52 bits per heavy atom. The van der Waals surface area contributed by atoms with Crippen molar-refractivity contribution >= 4 is 46.4 Å². The average molecular weight is 377 g/mol. The number of halogens is 2. The smallest absolute Gasteiger partial charge is 0.229 e. The summed E-state index contributed by atoms with van der Waals surface area (Å²) in [5.74, 6) is -0.774. The molecule has 0 spiro atoms. The Kier molecular flexibility index (Phi) is 5.02. The second-order valence-corrected chi connectivity index (χ2v) is 7.10. The van der Waals surface area contributed by atoms with Crippen molar-refractivity contribution in [1.82, 2.24) is 0 Å². The summed E-state index contributed by atoms with van der Waals surface area (Å²) < 4.78 is 0. The van der Waals surface area contributed by atoms with Gasteiger partial charge in [0.25, 0.3) is 0 Å². The normalized spacial score (nSPS) is 17.0. The zero-order valence-electron chi connectivity index (χ0n) is 14.0. The number of aryl methyl sites for hydroxylation is 2. The maximum atomic E-state index is 12.6. The third-order valence-electron chi connectivity index (χ3n) is 4.35. The van der Waals surface area contributed by atoms with E-state index in [4.69, 9.17) is 23.2 Å². The molecule has 0 aromatic heterocycles. The Morgan fingerprint density at radius 2 is 1.84 bits per heavy atom. The standard InChI is InChI=1S/C19H18Cl2N2O2/c1-11-6-7-12(2)16(8-11)22-19(25)13-9-17(24)23(10-13)18-14(20)4-3-5-15(18)21/h3-8,13H,9-10H2,1-2H3,(H,22,25). The van der Waals surface area contributed by atoms with Crippen LogP contribution in [0.25, 0.3) is 0 Å². The largest absolute Gasteiger partial charge is 0.326 e. The fourth-order valence-electron chi connectivity index (χ4n) is 2.95. The number of hydrogen-bond donors (Lipinski definition) is 1. The number of amides is 2. The first kappa shape index (κ1) is 17.8. The lowest BCUT2D eigenvalue weighted by Gasteiger charge is -2.19. The zero-order valence-corrected chi connectivity index (χ0v) is 15.5. The van der Waals surface area contributed by atoms with Crippen LogP contribution in [0, 0.1) is 19.8 Å². The molecule has 1 heterocycles. The van der Waals surface area contributed by atoms with Crippen LogP contribution in [0.5, 0.6) is 0 Å². The molecule has 1 aliphatic rings. The maximum Gasteiger partial charge on any atom is 0.229 e. The van der Waals surface area contributed by atoms with E-state index >= 15 is 0 Å². The number of nitrogens with one attached hydrogen (secondary N) is 1. The number of anilines is 2. The molecule has 3 rings (SSSR count). The highest BCUT2D eigenvalue weighted by atomic mass is 35.5. The molecule has 1 saturated heterocycles. The lowest BCUT2D eigenvalue weighted by molar-refractivity contribution is -0.122. The maximum absolute atomic E-state index is 12.6. The molecule has 4 nitrogen and oxygen atoms in total. The molecule has 1 aliphatic heterocycles. The summed E-state index contributed by atoms with van der Waals surface area (Å²) in [4.78, 5) is 26.5. The Balaban J connectivity index is 1.78. The number of para-hydroxylation sites is 1. The molecule has 0 saturated carbocycles. The van der Waals surface area contributed by atoms with Gasteiger partial charge in [0.2, 0.25) is 11.8 Å². The number of rotatable bonds is 3. The fraction of sp³-hybridized carbons (Fsp3) is 0.263. The Bertz CT molecular complexity index is 831. The van der Waals surface area contributed by atoms with Crippen molar-refractivity contribution in [3.05, 3.63) is 57.6 Å². The second kappa shape index (κ2) is 7.06. The number of hydrogen-bond acceptors (Lipinski definition) is 2. The predicted molar refractivity (Wildman–Crippen MR) is 101 cm³/mol. The van der Waals surface area contributed by atoms with Gasteiger partial charge in [0.05, 0.1) is 21.7 Å². The van der Waals surface area contributed by atoms with E-state index in [0.717, 1.165) is 16.8 Å². The van der Waals surface area contributed by atoms with Crippen LogP contribution in [0.4, 0.5) is 11.4 Å². The number of nitrogens with zero attached hydrogens (tertiary/aromatic N) is 1. The van der Waals surface area contributed by atoms with E-state index in [1.54, 1.807) is 18.2 Å². The second-order valence-electron chi connectivity index (χ2n) is 6.28. The monoisotopic (exact) mass is 376 g/mol. The van der Waals surface area contributed by atoms with Gasteiger partial charge in [-0.05, 0) is 43.2 Å². The highest BCUT2D eigenvalue weighted by Crippen LogP contribution is 2.37. The van der Waals surface area contributed by atoms with Gasteiger partial charge in [-0.25, -0.2) is 0 Å². The first-order chi connectivity index (χ1) is 11.9. The average Bonchev–Trinajstić information content (AvgIpc) is 2.93. The van der Waals surface area contributed by atoms with E-state index in [2.05, 4.69) is 5.32 Å². The SMILES string of the molecule is Cc1ccc(C)c(NC(=O)C2CC(=O)N(c3c(Cl)cccc3Cl)C2)c1. The highest BCUT2D eigenvalue weighted by Gasteiger charge is 2.36. The van der Waals surface area contributed by atoms with E-state index in [0.29, 0.717) is 15.7 Å². The molecule has 0 radical (unpaired) electrons. The minimum atomic E-state index is -0.445. The number of benzene rings is 2. The molecule has 1 N–H and O–H groups in total. The summed E-state index contributed by atoms with van der Waals surface area (Å²) in [7, 11) is 0. The molecule has 2 amide bonds. The third kappa shape index (κ3) is 3.65. The molecule has 25 heavy (non-hydrogen) atoms. The van der Waals surface area contributed by atoms with Crippen molar-refractivity contribution in [2.24, 2.45) is 5.92 Å². The molecule has 1 unspecified atom stereocenters. The highest BCUT2D eigenvalue weighted by molar-refractivity contribution is 6.40. The first-order valence-corrected chi connectivity index (χ1v) is 8.75. The summed E-state index contributed by atoms with van der Waals surface area (Å²) in [5.41, 5.74) is 3.28. The molecule has 0 bridgehead atoms. The van der Waals surface area contributed by atoms with Crippen molar-refractivity contribution in [1.29, 1.82) is 0 Å². The van der Waals surface area contributed by atoms with Crippen molar-refractivity contribution in [3.63, 3.8) is 0 Å². The van der Waals surface area contributed by atoms with E-state index in [-0.39, 0.29) is 24.8 Å². The Morgan fingerprint density at radius 1 is 1.16 bits per heavy atom. The molecular weight excluding hydrogens is 359 g/mol. The first-order valence-electron chi connectivity index (χ1n) is 7.99. The van der Waals surface area contributed by atoms with Crippen LogP contribution in [0.3, 0.4) is 0 Å². The van der Waals surface area contributed by atoms with Crippen LogP contribution in [0.15, 0.2) is 36.4 Å². The molecule has 130 valence electrons. The van der Waals surface area contributed by atoms with E-state index < -0.39 is 5.92 Å². The van der Waals surface area contributed by atoms with E-state index in [9.17, 15) is 9.59 Å². The van der Waals surface area contributed by atoms with Crippen LogP contribution in [0.2, 0.25) is 10.0 Å². The third-order valence-corrected chi connectivity index (χ3v) is 4.96. The van der Waals surface area contributed by atoms with E-state index in [1.165, 1.54) is 4.90 Å². The quantitative estimate of drug-likeness (QED) is 0.850. The number of carbonyl (C=O) groups is 2. The van der Waals surface area contributed by atoms with Gasteiger partial charge in [0, 0.05) is 18.7 Å². The predicted octanol–water partition coefficient (Wildman–Crippen LogP) is 4.60. The van der Waals surface area contributed by atoms with Crippen LogP contribution >= 0.6 is 23.2 Å². The lowest BCUT2D eigenvalue weighted by Crippen LogP contribution is -2.28. The molecule has 2 aromatic rings. The van der Waals surface area contributed by atoms with Crippen LogP contribution in [-0.2, 0) is 9.59 Å². The van der Waals surface area contributed by atoms with Gasteiger partial charge in [-0.1, -0.05) is 41.4 Å². The Hall–Kier alpha value is -2.04. The van der Waals surface area contributed by atoms with Crippen LogP contribution < -0.4 is 10.2 Å². The van der Waals surface area contributed by atoms with Crippen molar-refractivity contribution in [2.75, 3.05) is 16.8 Å². The summed E-state index contributed by atoms with van der Waals surface area (Å²) in [6, 6.07) is 11.0. The van der Waals surface area contributed by atoms with Crippen molar-refractivity contribution in [2.45, 2.75) is 20.3 Å². The van der Waals surface area contributed by atoms with Crippen LogP contribution in [0.1, 0.15) is 17.5 Å².